The summed E-state index contributed by atoms with van der Waals surface area (Å²) in [5.41, 5.74) is 0.485. The van der Waals surface area contributed by atoms with Gasteiger partial charge in [0.05, 0.1) is 18.3 Å². The van der Waals surface area contributed by atoms with Crippen molar-refractivity contribution in [1.82, 2.24) is 14.8 Å². The molecule has 2 aromatic heterocycles. The Hall–Kier alpha value is -2.64. The average Bonchev–Trinajstić information content (AvgIpc) is 2.82. The molecule has 8 heteroatoms. The molecule has 1 N–H and O–H groups in total. The van der Waals surface area contributed by atoms with Crippen molar-refractivity contribution in [3.63, 3.8) is 0 Å². The van der Waals surface area contributed by atoms with E-state index in [2.05, 4.69) is 15.4 Å². The van der Waals surface area contributed by atoms with Crippen LogP contribution in [0.25, 0.3) is 11.3 Å². The minimum Gasteiger partial charge on any atom is -0.474 e. The summed E-state index contributed by atoms with van der Waals surface area (Å²) in [7, 11) is 0. The van der Waals surface area contributed by atoms with E-state index in [1.807, 2.05) is 20.8 Å². The number of rotatable bonds is 5. The highest BCUT2D eigenvalue weighted by Gasteiger charge is 2.31. The van der Waals surface area contributed by atoms with Gasteiger partial charge in [0.25, 0.3) is 0 Å². The van der Waals surface area contributed by atoms with Crippen molar-refractivity contribution in [3.8, 4) is 17.1 Å². The van der Waals surface area contributed by atoms with Gasteiger partial charge in [0, 0.05) is 12.6 Å². The van der Waals surface area contributed by atoms with Gasteiger partial charge in [0.2, 0.25) is 11.8 Å². The minimum absolute atomic E-state index is 0.0652. The molecule has 0 bridgehead atoms. The van der Waals surface area contributed by atoms with E-state index < -0.39 is 11.9 Å². The van der Waals surface area contributed by atoms with Gasteiger partial charge in [-0.15, -0.1) is 0 Å². The Kier molecular flexibility index (Phi) is 5.62. The number of nitrogens with one attached hydrogen (secondary N) is 1. The van der Waals surface area contributed by atoms with Crippen molar-refractivity contribution in [1.29, 1.82) is 0 Å². The van der Waals surface area contributed by atoms with E-state index in [0.29, 0.717) is 18.2 Å². The standard InChI is InChI=1S/C19H25FN4O3/c1-5-26-19(25)15-16(23-24-10-6-7-12(4)27-18(15)24)13-8-9-14(21-11(2)3)22-17(13)20/h8-9,11-12H,5-7,10H2,1-4H3,(H,21,22). The molecule has 3 heterocycles. The van der Waals surface area contributed by atoms with Crippen LogP contribution in [0.3, 0.4) is 0 Å². The molecule has 1 unspecified atom stereocenters. The first-order valence-corrected chi connectivity index (χ1v) is 9.28. The van der Waals surface area contributed by atoms with Crippen molar-refractivity contribution in [2.75, 3.05) is 11.9 Å². The lowest BCUT2D eigenvalue weighted by atomic mass is 10.1. The maximum atomic E-state index is 14.7. The molecular weight excluding hydrogens is 351 g/mol. The molecule has 3 rings (SSSR count). The lowest BCUT2D eigenvalue weighted by molar-refractivity contribution is 0.0520. The van der Waals surface area contributed by atoms with Gasteiger partial charge < -0.3 is 14.8 Å². The summed E-state index contributed by atoms with van der Waals surface area (Å²) < 4.78 is 27.5. The quantitative estimate of drug-likeness (QED) is 0.634. The number of fused-ring (bicyclic) bond motifs is 1. The Morgan fingerprint density at radius 2 is 2.26 bits per heavy atom. The molecule has 1 aliphatic heterocycles. The highest BCUT2D eigenvalue weighted by Crippen LogP contribution is 2.35. The molecule has 0 fully saturated rings. The first-order chi connectivity index (χ1) is 12.9. The van der Waals surface area contributed by atoms with Crippen molar-refractivity contribution < 1.29 is 18.7 Å². The number of aromatic nitrogens is 3. The lowest BCUT2D eigenvalue weighted by Crippen LogP contribution is -2.14. The second-order valence-corrected chi connectivity index (χ2v) is 6.88. The molecular formula is C19H25FN4O3. The van der Waals surface area contributed by atoms with E-state index in [9.17, 15) is 9.18 Å². The highest BCUT2D eigenvalue weighted by atomic mass is 19.1. The summed E-state index contributed by atoms with van der Waals surface area (Å²) in [6.45, 7) is 8.34. The summed E-state index contributed by atoms with van der Waals surface area (Å²) in [5, 5.41) is 7.51. The Balaban J connectivity index is 2.10. The number of nitrogens with zero attached hydrogens (tertiary/aromatic N) is 3. The molecule has 0 radical (unpaired) electrons. The van der Waals surface area contributed by atoms with Crippen LogP contribution in [0.2, 0.25) is 0 Å². The lowest BCUT2D eigenvalue weighted by Gasteiger charge is -2.12. The number of ether oxygens (including phenoxy) is 2. The molecule has 0 saturated heterocycles. The van der Waals surface area contributed by atoms with Crippen LogP contribution in [0.5, 0.6) is 5.88 Å². The summed E-state index contributed by atoms with van der Waals surface area (Å²) >= 11 is 0. The van der Waals surface area contributed by atoms with Gasteiger partial charge in [0.15, 0.2) is 0 Å². The second kappa shape index (κ2) is 7.94. The number of hydrogen-bond acceptors (Lipinski definition) is 6. The van der Waals surface area contributed by atoms with Gasteiger partial charge in [-0.1, -0.05) is 0 Å². The molecule has 146 valence electrons. The van der Waals surface area contributed by atoms with Crippen LogP contribution in [0.1, 0.15) is 50.9 Å². The van der Waals surface area contributed by atoms with Crippen LogP contribution in [-0.2, 0) is 11.3 Å². The SMILES string of the molecule is CCOC(=O)c1c(-c2ccc(NC(C)C)nc2F)nn2c1OC(C)CCC2. The molecule has 0 spiro atoms. The predicted octanol–water partition coefficient (Wildman–Crippen LogP) is 3.64. The maximum Gasteiger partial charge on any atom is 0.345 e. The number of carbonyl (C=O) groups is 1. The number of anilines is 1. The normalized spacial score (nSPS) is 16.4. The molecule has 1 aliphatic rings. The zero-order valence-electron chi connectivity index (χ0n) is 16.1. The minimum atomic E-state index is -0.701. The summed E-state index contributed by atoms with van der Waals surface area (Å²) in [6.07, 6.45) is 1.65. The number of esters is 1. The molecule has 0 amide bonds. The van der Waals surface area contributed by atoms with Crippen molar-refractivity contribution in [2.24, 2.45) is 0 Å². The highest BCUT2D eigenvalue weighted by molar-refractivity contribution is 5.98. The monoisotopic (exact) mass is 376 g/mol. The van der Waals surface area contributed by atoms with Crippen molar-refractivity contribution >= 4 is 11.8 Å². The van der Waals surface area contributed by atoms with Gasteiger partial charge in [-0.05, 0) is 52.7 Å². The molecule has 0 aliphatic carbocycles. The second-order valence-electron chi connectivity index (χ2n) is 6.88. The third kappa shape index (κ3) is 4.04. The van der Waals surface area contributed by atoms with Gasteiger partial charge in [-0.2, -0.15) is 9.49 Å². The zero-order valence-corrected chi connectivity index (χ0v) is 16.1. The van der Waals surface area contributed by atoms with Gasteiger partial charge in [-0.3, -0.25) is 0 Å². The fourth-order valence-electron chi connectivity index (χ4n) is 3.06. The zero-order chi connectivity index (χ0) is 19.6. The number of pyridine rings is 1. The number of halogens is 1. The van der Waals surface area contributed by atoms with Crippen LogP contribution in [0.15, 0.2) is 12.1 Å². The van der Waals surface area contributed by atoms with Crippen LogP contribution >= 0.6 is 0 Å². The Labute approximate surface area is 157 Å². The number of hydrogen-bond donors (Lipinski definition) is 1. The fraction of sp³-hybridized carbons (Fsp3) is 0.526. The van der Waals surface area contributed by atoms with E-state index >= 15 is 0 Å². The van der Waals surface area contributed by atoms with Crippen molar-refractivity contribution in [2.45, 2.75) is 59.2 Å². The maximum absolute atomic E-state index is 14.7. The molecule has 2 aromatic rings. The number of aryl methyl sites for hydroxylation is 1. The van der Waals surface area contributed by atoms with E-state index in [1.54, 1.807) is 23.7 Å². The van der Waals surface area contributed by atoms with E-state index in [0.717, 1.165) is 12.8 Å². The van der Waals surface area contributed by atoms with Crippen LogP contribution in [0, 0.1) is 5.95 Å². The molecule has 27 heavy (non-hydrogen) atoms. The predicted molar refractivity (Wildman–Crippen MR) is 99.5 cm³/mol. The fourth-order valence-corrected chi connectivity index (χ4v) is 3.06. The van der Waals surface area contributed by atoms with Gasteiger partial charge in [-0.25, -0.2) is 14.5 Å². The topological polar surface area (TPSA) is 78.3 Å². The van der Waals surface area contributed by atoms with Crippen molar-refractivity contribution in [3.05, 3.63) is 23.6 Å². The molecule has 1 atom stereocenters. The Morgan fingerprint density at radius 3 is 2.93 bits per heavy atom. The van der Waals surface area contributed by atoms with E-state index in [-0.39, 0.29) is 35.6 Å². The van der Waals surface area contributed by atoms with Crippen LogP contribution < -0.4 is 10.1 Å². The third-order valence-corrected chi connectivity index (χ3v) is 4.22. The Morgan fingerprint density at radius 1 is 1.48 bits per heavy atom. The number of carbonyl (C=O) groups excluding carboxylic acids is 1. The first kappa shape index (κ1) is 19.1. The molecule has 0 saturated carbocycles. The summed E-state index contributed by atoms with van der Waals surface area (Å²) in [6, 6.07) is 3.36. The molecule has 7 nitrogen and oxygen atoms in total. The van der Waals surface area contributed by atoms with Crippen LogP contribution in [0.4, 0.5) is 10.2 Å². The van der Waals surface area contributed by atoms with Gasteiger partial charge >= 0.3 is 5.97 Å². The van der Waals surface area contributed by atoms with Crippen LogP contribution in [-0.4, -0.2) is 39.5 Å². The molecule has 0 aromatic carbocycles. The largest absolute Gasteiger partial charge is 0.474 e. The van der Waals surface area contributed by atoms with Gasteiger partial charge in [0.1, 0.15) is 17.1 Å². The summed E-state index contributed by atoms with van der Waals surface area (Å²) in [5.74, 6) is -0.522. The average molecular weight is 376 g/mol. The Bertz CT molecular complexity index is 835. The van der Waals surface area contributed by atoms with E-state index in [1.165, 1.54) is 0 Å². The first-order valence-electron chi connectivity index (χ1n) is 9.28. The smallest absolute Gasteiger partial charge is 0.345 e. The summed E-state index contributed by atoms with van der Waals surface area (Å²) in [4.78, 5) is 16.6. The van der Waals surface area contributed by atoms with E-state index in [4.69, 9.17) is 9.47 Å². The third-order valence-electron chi connectivity index (χ3n) is 4.22.